The van der Waals surface area contributed by atoms with Gasteiger partial charge in [0, 0.05) is 12.2 Å². The fraction of sp³-hybridized carbons (Fsp3) is 0.176. The Morgan fingerprint density at radius 3 is 2.36 bits per heavy atom. The quantitative estimate of drug-likeness (QED) is 0.754. The van der Waals surface area contributed by atoms with Gasteiger partial charge in [-0.25, -0.2) is 4.79 Å². The van der Waals surface area contributed by atoms with Gasteiger partial charge < -0.3 is 15.7 Å². The maximum Gasteiger partial charge on any atom is 0.335 e. The molecule has 22 heavy (non-hydrogen) atoms. The van der Waals surface area contributed by atoms with Gasteiger partial charge in [-0.1, -0.05) is 18.2 Å². The second-order valence-corrected chi connectivity index (χ2v) is 5.52. The van der Waals surface area contributed by atoms with Crippen molar-refractivity contribution in [2.45, 2.75) is 20.4 Å². The van der Waals surface area contributed by atoms with E-state index >= 15 is 0 Å². The minimum absolute atomic E-state index is 0.277. The number of hydrogen-bond acceptors (Lipinski definition) is 2. The average Bonchev–Trinajstić information content (AvgIpc) is 2.49. The molecule has 0 aliphatic carbocycles. The van der Waals surface area contributed by atoms with E-state index in [2.05, 4.69) is 24.5 Å². The van der Waals surface area contributed by atoms with Gasteiger partial charge in [-0.3, -0.25) is 0 Å². The molecule has 0 saturated heterocycles. The molecular weight excluding hydrogens is 296 g/mol. The van der Waals surface area contributed by atoms with E-state index in [4.69, 9.17) is 17.3 Å². The Bertz CT molecular complexity index is 696. The molecule has 114 valence electrons. The highest BCUT2D eigenvalue weighted by Crippen LogP contribution is 2.14. The van der Waals surface area contributed by atoms with Crippen molar-refractivity contribution in [2.75, 3.05) is 5.32 Å². The van der Waals surface area contributed by atoms with E-state index in [1.165, 1.54) is 11.1 Å². The van der Waals surface area contributed by atoms with E-state index in [0.717, 1.165) is 11.3 Å². The largest absolute Gasteiger partial charge is 0.478 e. The van der Waals surface area contributed by atoms with Gasteiger partial charge in [-0.2, -0.15) is 0 Å². The summed E-state index contributed by atoms with van der Waals surface area (Å²) in [4.78, 5) is 10.8. The Kier molecular flexibility index (Phi) is 5.12. The van der Waals surface area contributed by atoms with Crippen LogP contribution >= 0.6 is 12.2 Å². The number of carboxylic acid groups (broad SMARTS) is 1. The van der Waals surface area contributed by atoms with E-state index in [-0.39, 0.29) is 5.56 Å². The van der Waals surface area contributed by atoms with Crippen LogP contribution < -0.4 is 10.6 Å². The summed E-state index contributed by atoms with van der Waals surface area (Å²) in [6, 6.07) is 12.8. The molecule has 0 bridgehead atoms. The van der Waals surface area contributed by atoms with Crippen LogP contribution in [0.25, 0.3) is 0 Å². The van der Waals surface area contributed by atoms with Crippen LogP contribution in [0.4, 0.5) is 5.69 Å². The molecule has 2 aromatic carbocycles. The summed E-state index contributed by atoms with van der Waals surface area (Å²) in [5, 5.41) is 15.6. The number of carboxylic acids is 1. The smallest absolute Gasteiger partial charge is 0.335 e. The molecule has 4 nitrogen and oxygen atoms in total. The minimum atomic E-state index is -0.925. The van der Waals surface area contributed by atoms with Crippen molar-refractivity contribution in [2.24, 2.45) is 0 Å². The van der Waals surface area contributed by atoms with E-state index in [1.807, 2.05) is 18.2 Å². The molecular formula is C17H18N2O2S. The first kappa shape index (κ1) is 16.0. The molecule has 0 atom stereocenters. The number of nitrogens with one attached hydrogen (secondary N) is 2. The molecule has 0 amide bonds. The van der Waals surface area contributed by atoms with Crippen LogP contribution in [0.3, 0.4) is 0 Å². The van der Waals surface area contributed by atoms with Gasteiger partial charge in [-0.15, -0.1) is 0 Å². The van der Waals surface area contributed by atoms with Crippen LogP contribution in [0.1, 0.15) is 27.0 Å². The molecule has 2 rings (SSSR count). The average molecular weight is 314 g/mol. The van der Waals surface area contributed by atoms with Gasteiger partial charge in [-0.05, 0) is 67.0 Å². The maximum atomic E-state index is 10.8. The lowest BCUT2D eigenvalue weighted by Gasteiger charge is -2.12. The number of anilines is 1. The predicted octanol–water partition coefficient (Wildman–Crippen LogP) is 3.49. The van der Waals surface area contributed by atoms with Crippen LogP contribution in [0, 0.1) is 13.8 Å². The highest BCUT2D eigenvalue weighted by atomic mass is 32.1. The van der Waals surface area contributed by atoms with Gasteiger partial charge in [0.25, 0.3) is 0 Å². The molecule has 3 N–H and O–H groups in total. The van der Waals surface area contributed by atoms with Crippen molar-refractivity contribution in [3.63, 3.8) is 0 Å². The lowest BCUT2D eigenvalue weighted by Crippen LogP contribution is -2.27. The zero-order valence-electron chi connectivity index (χ0n) is 12.5. The Labute approximate surface area is 135 Å². The highest BCUT2D eigenvalue weighted by molar-refractivity contribution is 7.80. The Hall–Kier alpha value is -2.40. The zero-order valence-corrected chi connectivity index (χ0v) is 13.3. The second kappa shape index (κ2) is 7.04. The number of thiocarbonyl (C=S) groups is 1. The summed E-state index contributed by atoms with van der Waals surface area (Å²) in [5.41, 5.74) is 4.63. The van der Waals surface area contributed by atoms with Crippen LogP contribution in [-0.2, 0) is 6.54 Å². The number of carbonyl (C=O) groups is 1. The predicted molar refractivity (Wildman–Crippen MR) is 92.4 cm³/mol. The van der Waals surface area contributed by atoms with Crippen molar-refractivity contribution >= 4 is 29.0 Å². The second-order valence-electron chi connectivity index (χ2n) is 5.11. The van der Waals surface area contributed by atoms with E-state index < -0.39 is 5.97 Å². The van der Waals surface area contributed by atoms with Crippen molar-refractivity contribution in [3.8, 4) is 0 Å². The summed E-state index contributed by atoms with van der Waals surface area (Å²) >= 11 is 5.26. The molecule has 0 fully saturated rings. The fourth-order valence-electron chi connectivity index (χ4n) is 1.94. The molecule has 0 aromatic heterocycles. The lowest BCUT2D eigenvalue weighted by molar-refractivity contribution is 0.0697. The zero-order chi connectivity index (χ0) is 16.1. The molecule has 0 saturated carbocycles. The Morgan fingerprint density at radius 1 is 1.09 bits per heavy atom. The maximum absolute atomic E-state index is 10.8. The molecule has 5 heteroatoms. The third kappa shape index (κ3) is 4.30. The van der Waals surface area contributed by atoms with Crippen LogP contribution in [0.5, 0.6) is 0 Å². The van der Waals surface area contributed by atoms with Crippen LogP contribution in [-0.4, -0.2) is 16.2 Å². The summed E-state index contributed by atoms with van der Waals surface area (Å²) in [6.07, 6.45) is 0. The summed E-state index contributed by atoms with van der Waals surface area (Å²) < 4.78 is 0. The summed E-state index contributed by atoms with van der Waals surface area (Å²) in [7, 11) is 0. The van der Waals surface area contributed by atoms with E-state index in [9.17, 15) is 4.79 Å². The van der Waals surface area contributed by atoms with Gasteiger partial charge >= 0.3 is 5.97 Å². The normalized spacial score (nSPS) is 10.1. The first-order valence-corrected chi connectivity index (χ1v) is 7.31. The Balaban J connectivity index is 1.89. The summed E-state index contributed by atoms with van der Waals surface area (Å²) in [5.74, 6) is -0.925. The van der Waals surface area contributed by atoms with E-state index in [0.29, 0.717) is 11.7 Å². The monoisotopic (exact) mass is 314 g/mol. The van der Waals surface area contributed by atoms with Gasteiger partial charge in [0.2, 0.25) is 0 Å². The molecule has 0 heterocycles. The molecule has 0 spiro atoms. The Morgan fingerprint density at radius 2 is 1.77 bits per heavy atom. The number of aryl methyl sites for hydroxylation is 2. The molecule has 0 aliphatic rings. The highest BCUT2D eigenvalue weighted by Gasteiger charge is 2.03. The van der Waals surface area contributed by atoms with Gasteiger partial charge in [0.05, 0.1) is 5.56 Å². The molecule has 0 unspecified atom stereocenters. The third-order valence-corrected chi connectivity index (χ3v) is 3.67. The van der Waals surface area contributed by atoms with Gasteiger partial charge in [0.1, 0.15) is 0 Å². The van der Waals surface area contributed by atoms with E-state index in [1.54, 1.807) is 24.3 Å². The minimum Gasteiger partial charge on any atom is -0.478 e. The molecule has 2 aromatic rings. The number of rotatable bonds is 4. The first-order valence-electron chi connectivity index (χ1n) is 6.90. The van der Waals surface area contributed by atoms with Crippen LogP contribution in [0.15, 0.2) is 42.5 Å². The molecule has 0 radical (unpaired) electrons. The van der Waals surface area contributed by atoms with Crippen molar-refractivity contribution < 1.29 is 9.90 Å². The number of aromatic carboxylic acids is 1. The lowest BCUT2D eigenvalue weighted by atomic mass is 10.1. The summed E-state index contributed by atoms with van der Waals surface area (Å²) in [6.45, 7) is 4.66. The number of benzene rings is 2. The van der Waals surface area contributed by atoms with Crippen molar-refractivity contribution in [1.82, 2.24) is 5.32 Å². The van der Waals surface area contributed by atoms with Crippen molar-refractivity contribution in [1.29, 1.82) is 0 Å². The van der Waals surface area contributed by atoms with Gasteiger partial charge in [0.15, 0.2) is 5.11 Å². The molecule has 0 aliphatic heterocycles. The number of hydrogen-bond donors (Lipinski definition) is 3. The SMILES string of the molecule is Cc1ccc(NC(=S)NCc2ccc(C(=O)O)cc2)cc1C. The third-order valence-electron chi connectivity index (χ3n) is 3.42. The standard InChI is InChI=1S/C17H18N2O2S/c1-11-3-8-15(9-12(11)2)19-17(22)18-10-13-4-6-14(7-5-13)16(20)21/h3-9H,10H2,1-2H3,(H,20,21)(H2,18,19,22). The van der Waals surface area contributed by atoms with Crippen molar-refractivity contribution in [3.05, 3.63) is 64.7 Å². The fourth-order valence-corrected chi connectivity index (χ4v) is 2.13. The first-order chi connectivity index (χ1) is 10.5. The van der Waals surface area contributed by atoms with Crippen LogP contribution in [0.2, 0.25) is 0 Å². The topological polar surface area (TPSA) is 61.4 Å².